The van der Waals surface area contributed by atoms with Crippen molar-refractivity contribution in [1.82, 2.24) is 4.98 Å². The molecule has 1 amide bonds. The summed E-state index contributed by atoms with van der Waals surface area (Å²) in [4.78, 5) is 15.3. The van der Waals surface area contributed by atoms with Gasteiger partial charge >= 0.3 is 0 Å². The van der Waals surface area contributed by atoms with Crippen LogP contribution in [0, 0.1) is 0 Å². The van der Waals surface area contributed by atoms with Crippen molar-refractivity contribution in [2.45, 2.75) is 12.2 Å². The molecule has 13 heavy (non-hydrogen) atoms. The number of amides is 1. The maximum atomic E-state index is 11.4. The molecular formula is C9H12N2OS. The highest BCUT2D eigenvalue weighted by molar-refractivity contribution is 7.99. The molecule has 1 rings (SSSR count). The quantitative estimate of drug-likeness (QED) is 0.801. The van der Waals surface area contributed by atoms with E-state index in [1.807, 2.05) is 19.2 Å². The van der Waals surface area contributed by atoms with E-state index in [0.717, 1.165) is 5.69 Å². The first-order chi connectivity index (χ1) is 6.24. The first-order valence-electron chi connectivity index (χ1n) is 3.97. The van der Waals surface area contributed by atoms with E-state index in [1.165, 1.54) is 11.8 Å². The largest absolute Gasteiger partial charge is 0.324 e. The smallest absolute Gasteiger partial charge is 0.237 e. The van der Waals surface area contributed by atoms with E-state index in [-0.39, 0.29) is 11.2 Å². The zero-order valence-corrected chi connectivity index (χ0v) is 8.47. The number of nitrogens with zero attached hydrogens (tertiary/aromatic N) is 1. The van der Waals surface area contributed by atoms with E-state index in [1.54, 1.807) is 18.5 Å². The number of nitrogens with one attached hydrogen (secondary N) is 1. The van der Waals surface area contributed by atoms with E-state index in [0.29, 0.717) is 0 Å². The molecule has 0 aliphatic carbocycles. The fraction of sp³-hybridized carbons (Fsp3) is 0.333. The number of aromatic nitrogens is 1. The first-order valence-corrected chi connectivity index (χ1v) is 5.26. The van der Waals surface area contributed by atoms with Crippen LogP contribution >= 0.6 is 11.8 Å². The molecule has 4 heteroatoms. The summed E-state index contributed by atoms with van der Waals surface area (Å²) < 4.78 is 0. The number of hydrogen-bond acceptors (Lipinski definition) is 3. The number of hydrogen-bond donors (Lipinski definition) is 1. The Labute approximate surface area is 81.9 Å². The first kappa shape index (κ1) is 10.1. The van der Waals surface area contributed by atoms with Gasteiger partial charge in [-0.05, 0) is 25.3 Å². The van der Waals surface area contributed by atoms with Crippen molar-refractivity contribution < 1.29 is 4.79 Å². The van der Waals surface area contributed by atoms with Crippen molar-refractivity contribution in [3.63, 3.8) is 0 Å². The predicted octanol–water partition coefficient (Wildman–Crippen LogP) is 1.77. The Balaban J connectivity index is 2.55. The van der Waals surface area contributed by atoms with Gasteiger partial charge in [-0.15, -0.1) is 0 Å². The molecule has 0 aliphatic rings. The Kier molecular flexibility index (Phi) is 3.76. The molecule has 0 saturated carbocycles. The molecule has 1 aromatic heterocycles. The van der Waals surface area contributed by atoms with Crippen LogP contribution in [-0.2, 0) is 4.79 Å². The summed E-state index contributed by atoms with van der Waals surface area (Å²) in [5.74, 6) is 0.0144. The fourth-order valence-corrected chi connectivity index (χ4v) is 1.06. The number of carbonyl (C=O) groups excluding carboxylic acids is 1. The summed E-state index contributed by atoms with van der Waals surface area (Å²) in [6.07, 6.45) is 5.21. The van der Waals surface area contributed by atoms with Gasteiger partial charge in [-0.25, -0.2) is 0 Å². The van der Waals surface area contributed by atoms with Gasteiger partial charge in [0, 0.05) is 6.20 Å². The topological polar surface area (TPSA) is 42.0 Å². The minimum absolute atomic E-state index is 0.0144. The van der Waals surface area contributed by atoms with Gasteiger partial charge in [0.25, 0.3) is 0 Å². The molecule has 1 N–H and O–H groups in total. The van der Waals surface area contributed by atoms with Crippen molar-refractivity contribution in [3.05, 3.63) is 24.5 Å². The van der Waals surface area contributed by atoms with Gasteiger partial charge in [0.1, 0.15) is 0 Å². The molecule has 0 radical (unpaired) electrons. The SMILES string of the molecule is CSC(C)C(=O)Nc1cccnc1. The van der Waals surface area contributed by atoms with Crippen LogP contribution in [0.5, 0.6) is 0 Å². The summed E-state index contributed by atoms with van der Waals surface area (Å²) in [6, 6.07) is 3.61. The molecule has 1 heterocycles. The molecule has 0 aromatic carbocycles. The summed E-state index contributed by atoms with van der Waals surface area (Å²) >= 11 is 1.52. The van der Waals surface area contributed by atoms with Crippen molar-refractivity contribution >= 4 is 23.4 Å². The molecule has 0 saturated heterocycles. The molecule has 0 fully saturated rings. The molecule has 0 spiro atoms. The van der Waals surface area contributed by atoms with Crippen molar-refractivity contribution in [2.24, 2.45) is 0 Å². The van der Waals surface area contributed by atoms with Crippen LogP contribution in [0.3, 0.4) is 0 Å². The molecular weight excluding hydrogens is 184 g/mol. The van der Waals surface area contributed by atoms with Gasteiger partial charge in [0.15, 0.2) is 0 Å². The van der Waals surface area contributed by atoms with Crippen LogP contribution in [0.15, 0.2) is 24.5 Å². The zero-order chi connectivity index (χ0) is 9.68. The normalized spacial score (nSPS) is 12.2. The number of pyridine rings is 1. The van der Waals surface area contributed by atoms with Crippen molar-refractivity contribution in [1.29, 1.82) is 0 Å². The maximum absolute atomic E-state index is 11.4. The Morgan fingerprint density at radius 1 is 1.69 bits per heavy atom. The number of rotatable bonds is 3. The molecule has 0 bridgehead atoms. The maximum Gasteiger partial charge on any atom is 0.237 e. The molecule has 0 aliphatic heterocycles. The summed E-state index contributed by atoms with van der Waals surface area (Å²) in [6.45, 7) is 1.87. The number of anilines is 1. The lowest BCUT2D eigenvalue weighted by Gasteiger charge is -2.08. The van der Waals surface area contributed by atoms with Gasteiger partial charge in [-0.1, -0.05) is 0 Å². The van der Waals surface area contributed by atoms with Crippen LogP contribution in [0.1, 0.15) is 6.92 Å². The van der Waals surface area contributed by atoms with E-state index < -0.39 is 0 Å². The summed E-state index contributed by atoms with van der Waals surface area (Å²) in [5, 5.41) is 2.74. The molecule has 70 valence electrons. The lowest BCUT2D eigenvalue weighted by atomic mass is 10.4. The average Bonchev–Trinajstić information content (AvgIpc) is 2.18. The Bertz CT molecular complexity index is 276. The predicted molar refractivity (Wildman–Crippen MR) is 55.8 cm³/mol. The van der Waals surface area contributed by atoms with Gasteiger partial charge in [0.2, 0.25) is 5.91 Å². The fourth-order valence-electron chi connectivity index (χ4n) is 0.788. The van der Waals surface area contributed by atoms with Crippen LogP contribution in [0.4, 0.5) is 5.69 Å². The van der Waals surface area contributed by atoms with Gasteiger partial charge in [-0.3, -0.25) is 9.78 Å². The van der Waals surface area contributed by atoms with Gasteiger partial charge in [-0.2, -0.15) is 11.8 Å². The van der Waals surface area contributed by atoms with Crippen molar-refractivity contribution in [2.75, 3.05) is 11.6 Å². The third kappa shape index (κ3) is 3.06. The van der Waals surface area contributed by atoms with Crippen molar-refractivity contribution in [3.8, 4) is 0 Å². The minimum atomic E-state index is -0.0276. The number of thioether (sulfide) groups is 1. The monoisotopic (exact) mass is 196 g/mol. The van der Waals surface area contributed by atoms with E-state index in [4.69, 9.17) is 0 Å². The highest BCUT2D eigenvalue weighted by Gasteiger charge is 2.10. The van der Waals surface area contributed by atoms with Crippen LogP contribution in [-0.4, -0.2) is 22.4 Å². The molecule has 1 atom stereocenters. The second-order valence-corrected chi connectivity index (χ2v) is 3.79. The van der Waals surface area contributed by atoms with Gasteiger partial charge < -0.3 is 5.32 Å². The Morgan fingerprint density at radius 2 is 2.46 bits per heavy atom. The minimum Gasteiger partial charge on any atom is -0.324 e. The second-order valence-electron chi connectivity index (χ2n) is 2.61. The Hall–Kier alpha value is -1.03. The van der Waals surface area contributed by atoms with E-state index in [2.05, 4.69) is 10.3 Å². The van der Waals surface area contributed by atoms with E-state index >= 15 is 0 Å². The molecule has 1 aromatic rings. The van der Waals surface area contributed by atoms with Crippen LogP contribution in [0.2, 0.25) is 0 Å². The standard InChI is InChI=1S/C9H12N2OS/c1-7(13-2)9(12)11-8-4-3-5-10-6-8/h3-7H,1-2H3,(H,11,12). The zero-order valence-electron chi connectivity index (χ0n) is 7.65. The highest BCUT2D eigenvalue weighted by Crippen LogP contribution is 2.09. The lowest BCUT2D eigenvalue weighted by Crippen LogP contribution is -2.21. The van der Waals surface area contributed by atoms with Gasteiger partial charge in [0.05, 0.1) is 17.1 Å². The van der Waals surface area contributed by atoms with Crippen LogP contribution < -0.4 is 5.32 Å². The third-order valence-electron chi connectivity index (χ3n) is 1.65. The average molecular weight is 196 g/mol. The van der Waals surface area contributed by atoms with E-state index in [9.17, 15) is 4.79 Å². The molecule has 1 unspecified atom stereocenters. The Morgan fingerprint density at radius 3 is 3.00 bits per heavy atom. The highest BCUT2D eigenvalue weighted by atomic mass is 32.2. The lowest BCUT2D eigenvalue weighted by molar-refractivity contribution is -0.115. The van der Waals surface area contributed by atoms with Crippen LogP contribution in [0.25, 0.3) is 0 Å². The summed E-state index contributed by atoms with van der Waals surface area (Å²) in [5.41, 5.74) is 0.744. The third-order valence-corrected chi connectivity index (χ3v) is 2.57. The summed E-state index contributed by atoms with van der Waals surface area (Å²) in [7, 11) is 0. The number of carbonyl (C=O) groups is 1. The molecule has 3 nitrogen and oxygen atoms in total. The second kappa shape index (κ2) is 4.87.